The Morgan fingerprint density at radius 1 is 1.35 bits per heavy atom. The van der Waals surface area contributed by atoms with Crippen LogP contribution in [0.2, 0.25) is 0 Å². The van der Waals surface area contributed by atoms with Crippen LogP contribution in [-0.2, 0) is 16.4 Å². The van der Waals surface area contributed by atoms with Crippen LogP contribution in [-0.4, -0.2) is 36.3 Å². The zero-order chi connectivity index (χ0) is 14.8. The molecule has 0 N–H and O–H groups in total. The van der Waals surface area contributed by atoms with Crippen LogP contribution in [0.25, 0.3) is 0 Å². The molecule has 0 radical (unpaired) electrons. The fourth-order valence-electron chi connectivity index (χ4n) is 2.20. The number of sulfonamides is 1. The van der Waals surface area contributed by atoms with E-state index in [1.807, 2.05) is 0 Å². The first-order chi connectivity index (χ1) is 9.35. The van der Waals surface area contributed by atoms with Gasteiger partial charge in [-0.3, -0.25) is 0 Å². The standard InChI is InChI=1S/C14H18N2O2S2/c1-14(2)11-16(9-10-19-14)20(17,18)13-5-3-12(4-6-13)7-8-15/h3-6H,7,9-11H2,1-2H3. The van der Waals surface area contributed by atoms with E-state index >= 15 is 0 Å². The summed E-state index contributed by atoms with van der Waals surface area (Å²) in [6.07, 6.45) is 0.299. The highest BCUT2D eigenvalue weighted by Crippen LogP contribution is 2.32. The summed E-state index contributed by atoms with van der Waals surface area (Å²) in [5, 5.41) is 8.63. The first kappa shape index (κ1) is 15.4. The van der Waals surface area contributed by atoms with Crippen molar-refractivity contribution in [2.45, 2.75) is 29.9 Å². The number of benzene rings is 1. The number of nitriles is 1. The maximum atomic E-state index is 12.6. The third-order valence-electron chi connectivity index (χ3n) is 3.23. The Hall–Kier alpha value is -1.03. The molecule has 0 bridgehead atoms. The lowest BCUT2D eigenvalue weighted by atomic mass is 10.2. The smallest absolute Gasteiger partial charge is 0.207 e. The molecule has 0 aromatic heterocycles. The van der Waals surface area contributed by atoms with Crippen LogP contribution >= 0.6 is 11.8 Å². The average molecular weight is 310 g/mol. The summed E-state index contributed by atoms with van der Waals surface area (Å²) in [5.74, 6) is 0.818. The van der Waals surface area contributed by atoms with Gasteiger partial charge >= 0.3 is 0 Å². The van der Waals surface area contributed by atoms with Crippen LogP contribution < -0.4 is 0 Å². The lowest BCUT2D eigenvalue weighted by Gasteiger charge is -2.36. The Bertz CT molecular complexity index is 616. The van der Waals surface area contributed by atoms with Crippen LogP contribution in [0.5, 0.6) is 0 Å². The summed E-state index contributed by atoms with van der Waals surface area (Å²) in [5.41, 5.74) is 0.834. The molecule has 0 aliphatic carbocycles. The van der Waals surface area contributed by atoms with Crippen molar-refractivity contribution >= 4 is 21.8 Å². The minimum absolute atomic E-state index is 0.0495. The molecule has 1 aromatic carbocycles. The molecule has 6 heteroatoms. The molecule has 0 atom stereocenters. The van der Waals surface area contributed by atoms with E-state index in [9.17, 15) is 8.42 Å². The van der Waals surface area contributed by atoms with Gasteiger partial charge in [0.25, 0.3) is 0 Å². The first-order valence-corrected chi connectivity index (χ1v) is 8.88. The molecule has 1 aliphatic rings. The normalized spacial score (nSPS) is 19.4. The molecule has 2 rings (SSSR count). The number of hydrogen-bond acceptors (Lipinski definition) is 4. The maximum Gasteiger partial charge on any atom is 0.243 e. The Balaban J connectivity index is 2.24. The molecular weight excluding hydrogens is 292 g/mol. The number of thioether (sulfide) groups is 1. The van der Waals surface area contributed by atoms with E-state index in [1.54, 1.807) is 40.3 Å². The Kier molecular flexibility index (Phi) is 4.43. The largest absolute Gasteiger partial charge is 0.243 e. The predicted molar refractivity (Wildman–Crippen MR) is 81.1 cm³/mol. The highest BCUT2D eigenvalue weighted by molar-refractivity contribution is 8.00. The number of nitrogens with zero attached hydrogens (tertiary/aromatic N) is 2. The molecular formula is C14H18N2O2S2. The summed E-state index contributed by atoms with van der Waals surface area (Å²) >= 11 is 1.80. The van der Waals surface area contributed by atoms with Crippen LogP contribution in [0, 0.1) is 11.3 Å². The van der Waals surface area contributed by atoms with E-state index in [1.165, 1.54) is 0 Å². The molecule has 1 fully saturated rings. The molecule has 0 amide bonds. The Morgan fingerprint density at radius 3 is 2.55 bits per heavy atom. The van der Waals surface area contributed by atoms with E-state index in [2.05, 4.69) is 19.9 Å². The minimum Gasteiger partial charge on any atom is -0.207 e. The summed E-state index contributed by atoms with van der Waals surface area (Å²) in [6.45, 7) is 5.21. The summed E-state index contributed by atoms with van der Waals surface area (Å²) in [7, 11) is -3.43. The minimum atomic E-state index is -3.43. The maximum absolute atomic E-state index is 12.6. The fraction of sp³-hybridized carbons (Fsp3) is 0.500. The summed E-state index contributed by atoms with van der Waals surface area (Å²) < 4.78 is 26.7. The van der Waals surface area contributed by atoms with Gasteiger partial charge in [0.2, 0.25) is 10.0 Å². The predicted octanol–water partition coefficient (Wildman–Crippen LogP) is 2.27. The highest BCUT2D eigenvalue weighted by Gasteiger charge is 2.34. The molecule has 1 aromatic rings. The van der Waals surface area contributed by atoms with Gasteiger partial charge in [0, 0.05) is 23.6 Å². The molecule has 1 saturated heterocycles. The fourth-order valence-corrected chi connectivity index (χ4v) is 5.11. The van der Waals surface area contributed by atoms with Crippen LogP contribution in [0.3, 0.4) is 0 Å². The first-order valence-electron chi connectivity index (χ1n) is 6.45. The average Bonchev–Trinajstić information content (AvgIpc) is 2.38. The monoisotopic (exact) mass is 310 g/mol. The van der Waals surface area contributed by atoms with Crippen LogP contribution in [0.15, 0.2) is 29.2 Å². The van der Waals surface area contributed by atoms with E-state index in [-0.39, 0.29) is 4.75 Å². The zero-order valence-electron chi connectivity index (χ0n) is 11.7. The zero-order valence-corrected chi connectivity index (χ0v) is 13.3. The van der Waals surface area contributed by atoms with Crippen molar-refractivity contribution in [2.24, 2.45) is 0 Å². The van der Waals surface area contributed by atoms with Crippen molar-refractivity contribution in [3.63, 3.8) is 0 Å². The van der Waals surface area contributed by atoms with Gasteiger partial charge in [-0.05, 0) is 31.5 Å². The second-order valence-electron chi connectivity index (χ2n) is 5.43. The Labute approximate surface area is 124 Å². The van der Waals surface area contributed by atoms with Crippen molar-refractivity contribution in [2.75, 3.05) is 18.8 Å². The third-order valence-corrected chi connectivity index (χ3v) is 6.39. The molecule has 1 aliphatic heterocycles. The lowest BCUT2D eigenvalue weighted by molar-refractivity contribution is 0.387. The molecule has 0 spiro atoms. The van der Waals surface area contributed by atoms with Crippen molar-refractivity contribution < 1.29 is 8.42 Å². The quantitative estimate of drug-likeness (QED) is 0.859. The lowest BCUT2D eigenvalue weighted by Crippen LogP contribution is -2.46. The van der Waals surface area contributed by atoms with Crippen molar-refractivity contribution in [3.05, 3.63) is 29.8 Å². The number of rotatable bonds is 3. The summed E-state index contributed by atoms with van der Waals surface area (Å²) in [6, 6.07) is 8.66. The molecule has 20 heavy (non-hydrogen) atoms. The topological polar surface area (TPSA) is 61.2 Å². The highest BCUT2D eigenvalue weighted by atomic mass is 32.2. The van der Waals surface area contributed by atoms with Crippen molar-refractivity contribution in [3.8, 4) is 6.07 Å². The molecule has 0 saturated carbocycles. The second-order valence-corrected chi connectivity index (χ2v) is 9.17. The van der Waals surface area contributed by atoms with Gasteiger partial charge in [0.15, 0.2) is 0 Å². The van der Waals surface area contributed by atoms with Crippen molar-refractivity contribution in [1.29, 1.82) is 5.26 Å². The van der Waals surface area contributed by atoms with Gasteiger partial charge in [-0.15, -0.1) is 0 Å². The van der Waals surface area contributed by atoms with E-state index in [0.29, 0.717) is 24.4 Å². The second kappa shape index (κ2) is 5.76. The van der Waals surface area contributed by atoms with E-state index in [0.717, 1.165) is 11.3 Å². The molecule has 1 heterocycles. The molecule has 0 unspecified atom stereocenters. The van der Waals surface area contributed by atoms with Gasteiger partial charge in [-0.2, -0.15) is 21.3 Å². The van der Waals surface area contributed by atoms with Gasteiger partial charge < -0.3 is 0 Å². The Morgan fingerprint density at radius 2 is 2.00 bits per heavy atom. The van der Waals surface area contributed by atoms with Gasteiger partial charge in [0.05, 0.1) is 17.4 Å². The molecule has 4 nitrogen and oxygen atoms in total. The van der Waals surface area contributed by atoms with Gasteiger partial charge in [0.1, 0.15) is 0 Å². The van der Waals surface area contributed by atoms with Crippen LogP contribution in [0.1, 0.15) is 19.4 Å². The van der Waals surface area contributed by atoms with Gasteiger partial charge in [-0.25, -0.2) is 8.42 Å². The van der Waals surface area contributed by atoms with Gasteiger partial charge in [-0.1, -0.05) is 12.1 Å². The summed E-state index contributed by atoms with van der Waals surface area (Å²) in [4.78, 5) is 0.307. The third kappa shape index (κ3) is 3.35. The number of hydrogen-bond donors (Lipinski definition) is 0. The van der Waals surface area contributed by atoms with E-state index < -0.39 is 10.0 Å². The SMILES string of the molecule is CC1(C)CN(S(=O)(=O)c2ccc(CC#N)cc2)CCS1. The van der Waals surface area contributed by atoms with Crippen LogP contribution in [0.4, 0.5) is 0 Å². The van der Waals surface area contributed by atoms with Crippen molar-refractivity contribution in [1.82, 2.24) is 4.31 Å². The van der Waals surface area contributed by atoms with E-state index in [4.69, 9.17) is 5.26 Å². The molecule has 108 valence electrons.